The molecule has 0 aliphatic heterocycles. The van der Waals surface area contributed by atoms with Gasteiger partial charge in [-0.05, 0) is 54.8 Å². The molecule has 6 heteroatoms. The van der Waals surface area contributed by atoms with Crippen LogP contribution in [0.2, 0.25) is 0 Å². The summed E-state index contributed by atoms with van der Waals surface area (Å²) in [7, 11) is -3.62. The molecular formula is C15H17BrN2O2S. The van der Waals surface area contributed by atoms with Crippen LogP contribution in [-0.2, 0) is 16.6 Å². The van der Waals surface area contributed by atoms with E-state index in [1.54, 1.807) is 30.3 Å². The monoisotopic (exact) mass is 368 g/mol. The Morgan fingerprint density at radius 3 is 2.38 bits per heavy atom. The van der Waals surface area contributed by atoms with Crippen molar-refractivity contribution in [2.75, 3.05) is 4.72 Å². The number of hydrogen-bond donors (Lipinski definition) is 2. The lowest BCUT2D eigenvalue weighted by Crippen LogP contribution is -2.14. The lowest BCUT2D eigenvalue weighted by atomic mass is 10.1. The van der Waals surface area contributed by atoms with E-state index < -0.39 is 10.0 Å². The van der Waals surface area contributed by atoms with Crippen LogP contribution in [0.25, 0.3) is 0 Å². The molecule has 0 saturated heterocycles. The van der Waals surface area contributed by atoms with E-state index in [0.717, 1.165) is 21.2 Å². The van der Waals surface area contributed by atoms with E-state index in [4.69, 9.17) is 5.73 Å². The van der Waals surface area contributed by atoms with E-state index in [-0.39, 0.29) is 4.90 Å². The summed E-state index contributed by atoms with van der Waals surface area (Å²) in [5.41, 5.74) is 8.99. The van der Waals surface area contributed by atoms with Gasteiger partial charge in [-0.25, -0.2) is 8.42 Å². The van der Waals surface area contributed by atoms with Gasteiger partial charge in [0.05, 0.1) is 4.90 Å². The topological polar surface area (TPSA) is 72.2 Å². The molecule has 0 heterocycles. The summed E-state index contributed by atoms with van der Waals surface area (Å²) in [6.07, 6.45) is 0. The van der Waals surface area contributed by atoms with E-state index in [2.05, 4.69) is 20.7 Å². The molecule has 2 aromatic carbocycles. The van der Waals surface area contributed by atoms with Crippen molar-refractivity contribution in [3.05, 3.63) is 57.6 Å². The van der Waals surface area contributed by atoms with Crippen molar-refractivity contribution in [2.24, 2.45) is 5.73 Å². The maximum Gasteiger partial charge on any atom is 0.261 e. The summed E-state index contributed by atoms with van der Waals surface area (Å²) < 4.78 is 28.3. The minimum atomic E-state index is -3.62. The molecule has 0 aliphatic carbocycles. The van der Waals surface area contributed by atoms with Crippen LogP contribution in [0.1, 0.15) is 16.7 Å². The Bertz CT molecular complexity index is 773. The Morgan fingerprint density at radius 1 is 1.10 bits per heavy atom. The molecular weight excluding hydrogens is 352 g/mol. The van der Waals surface area contributed by atoms with Crippen LogP contribution in [0.4, 0.5) is 5.69 Å². The maximum atomic E-state index is 12.4. The molecule has 0 spiro atoms. The van der Waals surface area contributed by atoms with Gasteiger partial charge in [0, 0.05) is 16.7 Å². The predicted molar refractivity (Wildman–Crippen MR) is 88.8 cm³/mol. The molecule has 112 valence electrons. The molecule has 0 aromatic heterocycles. The lowest BCUT2D eigenvalue weighted by Gasteiger charge is -2.11. The minimum absolute atomic E-state index is 0.213. The lowest BCUT2D eigenvalue weighted by molar-refractivity contribution is 0.601. The van der Waals surface area contributed by atoms with Crippen molar-refractivity contribution in [3.63, 3.8) is 0 Å². The molecule has 21 heavy (non-hydrogen) atoms. The molecule has 0 saturated carbocycles. The number of nitrogens with two attached hydrogens (primary N) is 1. The Balaban J connectivity index is 2.35. The molecule has 3 N–H and O–H groups in total. The fraction of sp³-hybridized carbons (Fsp3) is 0.200. The van der Waals surface area contributed by atoms with Crippen molar-refractivity contribution >= 4 is 31.6 Å². The first-order chi connectivity index (χ1) is 9.83. The first-order valence-electron chi connectivity index (χ1n) is 6.42. The molecule has 0 radical (unpaired) electrons. The number of nitrogens with one attached hydrogen (secondary N) is 1. The Kier molecular flexibility index (Phi) is 4.70. The van der Waals surface area contributed by atoms with Crippen LogP contribution in [0.15, 0.2) is 45.8 Å². The van der Waals surface area contributed by atoms with E-state index in [1.807, 2.05) is 19.9 Å². The summed E-state index contributed by atoms with van der Waals surface area (Å²) >= 11 is 3.39. The van der Waals surface area contributed by atoms with Crippen LogP contribution in [-0.4, -0.2) is 8.42 Å². The number of aryl methyl sites for hydroxylation is 2. The van der Waals surface area contributed by atoms with Crippen LogP contribution in [0.3, 0.4) is 0 Å². The molecule has 2 rings (SSSR count). The summed E-state index contributed by atoms with van der Waals surface area (Å²) in [6.45, 7) is 4.16. The number of halogens is 1. The van der Waals surface area contributed by atoms with Gasteiger partial charge in [-0.15, -0.1) is 0 Å². The van der Waals surface area contributed by atoms with Crippen molar-refractivity contribution in [2.45, 2.75) is 25.3 Å². The third kappa shape index (κ3) is 3.64. The normalized spacial score (nSPS) is 11.4. The second-order valence-corrected chi connectivity index (χ2v) is 7.40. The highest BCUT2D eigenvalue weighted by atomic mass is 79.9. The number of sulfonamides is 1. The van der Waals surface area contributed by atoms with Gasteiger partial charge in [0.25, 0.3) is 10.0 Å². The molecule has 0 unspecified atom stereocenters. The average Bonchev–Trinajstić information content (AvgIpc) is 2.43. The van der Waals surface area contributed by atoms with E-state index >= 15 is 0 Å². The van der Waals surface area contributed by atoms with Crippen molar-refractivity contribution in [1.82, 2.24) is 0 Å². The van der Waals surface area contributed by atoms with Gasteiger partial charge >= 0.3 is 0 Å². The molecule has 2 aromatic rings. The zero-order valence-electron chi connectivity index (χ0n) is 11.9. The quantitative estimate of drug-likeness (QED) is 0.869. The minimum Gasteiger partial charge on any atom is -0.326 e. The van der Waals surface area contributed by atoms with Gasteiger partial charge in [-0.2, -0.15) is 0 Å². The third-order valence-electron chi connectivity index (χ3n) is 3.27. The van der Waals surface area contributed by atoms with Crippen molar-refractivity contribution in [3.8, 4) is 0 Å². The molecule has 0 bridgehead atoms. The standard InChI is InChI=1S/C15H17BrN2O2S/c1-10-4-6-14(7-12(10)9-17)21(19,20)18-13-5-3-11(2)15(16)8-13/h3-8,18H,9,17H2,1-2H3. The molecule has 4 nitrogen and oxygen atoms in total. The molecule has 0 atom stereocenters. The van der Waals surface area contributed by atoms with Gasteiger partial charge in [-0.3, -0.25) is 4.72 Å². The zero-order valence-corrected chi connectivity index (χ0v) is 14.3. The number of hydrogen-bond acceptors (Lipinski definition) is 3. The predicted octanol–water partition coefficient (Wildman–Crippen LogP) is 3.33. The second kappa shape index (κ2) is 6.17. The van der Waals surface area contributed by atoms with E-state index in [9.17, 15) is 8.42 Å². The highest BCUT2D eigenvalue weighted by molar-refractivity contribution is 9.10. The number of rotatable bonds is 4. The second-order valence-electron chi connectivity index (χ2n) is 4.86. The molecule has 0 amide bonds. The van der Waals surface area contributed by atoms with Gasteiger partial charge in [-0.1, -0.05) is 28.1 Å². The Hall–Kier alpha value is -1.37. The SMILES string of the molecule is Cc1ccc(NS(=O)(=O)c2ccc(C)c(CN)c2)cc1Br. The fourth-order valence-corrected chi connectivity index (χ4v) is 3.38. The highest BCUT2D eigenvalue weighted by Gasteiger charge is 2.15. The van der Waals surface area contributed by atoms with Crippen LogP contribution >= 0.6 is 15.9 Å². The van der Waals surface area contributed by atoms with Crippen molar-refractivity contribution < 1.29 is 8.42 Å². The number of benzene rings is 2. The molecule has 0 fully saturated rings. The summed E-state index contributed by atoms with van der Waals surface area (Å²) in [5, 5.41) is 0. The maximum absolute atomic E-state index is 12.4. The Labute approximate surface area is 133 Å². The number of anilines is 1. The van der Waals surface area contributed by atoms with Gasteiger partial charge in [0.15, 0.2) is 0 Å². The summed E-state index contributed by atoms with van der Waals surface area (Å²) in [4.78, 5) is 0.213. The van der Waals surface area contributed by atoms with Gasteiger partial charge in [0.2, 0.25) is 0 Å². The van der Waals surface area contributed by atoms with Crippen LogP contribution < -0.4 is 10.5 Å². The smallest absolute Gasteiger partial charge is 0.261 e. The molecule has 0 aliphatic rings. The van der Waals surface area contributed by atoms with E-state index in [0.29, 0.717) is 12.2 Å². The largest absolute Gasteiger partial charge is 0.326 e. The first kappa shape index (κ1) is 16.0. The summed E-state index contributed by atoms with van der Waals surface area (Å²) in [5.74, 6) is 0. The fourth-order valence-electron chi connectivity index (χ4n) is 1.91. The van der Waals surface area contributed by atoms with E-state index in [1.165, 1.54) is 0 Å². The van der Waals surface area contributed by atoms with Gasteiger partial charge < -0.3 is 5.73 Å². The zero-order chi connectivity index (χ0) is 15.6. The first-order valence-corrected chi connectivity index (χ1v) is 8.69. The summed E-state index contributed by atoms with van der Waals surface area (Å²) in [6, 6.07) is 10.3. The van der Waals surface area contributed by atoms with Crippen LogP contribution in [0.5, 0.6) is 0 Å². The van der Waals surface area contributed by atoms with Gasteiger partial charge in [0.1, 0.15) is 0 Å². The van der Waals surface area contributed by atoms with Crippen LogP contribution in [0, 0.1) is 13.8 Å². The Morgan fingerprint density at radius 2 is 1.76 bits per heavy atom. The third-order valence-corrected chi connectivity index (χ3v) is 5.51. The average molecular weight is 369 g/mol. The highest BCUT2D eigenvalue weighted by Crippen LogP contribution is 2.23. The van der Waals surface area contributed by atoms with Crippen molar-refractivity contribution in [1.29, 1.82) is 0 Å².